The van der Waals surface area contributed by atoms with E-state index >= 15 is 0 Å². The molecule has 2 N–H and O–H groups in total. The predicted molar refractivity (Wildman–Crippen MR) is 112 cm³/mol. The van der Waals surface area contributed by atoms with E-state index in [0.29, 0.717) is 19.6 Å². The van der Waals surface area contributed by atoms with Crippen molar-refractivity contribution in [2.75, 3.05) is 13.1 Å². The minimum absolute atomic E-state index is 0.0480. The van der Waals surface area contributed by atoms with Gasteiger partial charge in [-0.1, -0.05) is 36.4 Å². The van der Waals surface area contributed by atoms with Crippen LogP contribution in [0.15, 0.2) is 60.9 Å². The first kappa shape index (κ1) is 19.5. The molecule has 0 bridgehead atoms. The Hall–Kier alpha value is -2.86. The largest absolute Gasteiger partial charge is 0.393 e. The molecular formula is C23H28N4O2. The number of likely N-dealkylation sites (tertiary alicyclic amines) is 1. The molecule has 1 aromatic carbocycles. The van der Waals surface area contributed by atoms with Crippen LogP contribution in [-0.4, -0.2) is 44.6 Å². The molecule has 1 aliphatic rings. The molecule has 1 saturated heterocycles. The lowest BCUT2D eigenvalue weighted by Crippen LogP contribution is -2.45. The molecule has 2 aromatic heterocycles. The number of nitrogens with zero attached hydrogens (tertiary/aromatic N) is 3. The van der Waals surface area contributed by atoms with Gasteiger partial charge in [-0.2, -0.15) is 0 Å². The first-order chi connectivity index (χ1) is 14.2. The fourth-order valence-corrected chi connectivity index (χ4v) is 4.08. The summed E-state index contributed by atoms with van der Waals surface area (Å²) in [5.41, 5.74) is 3.10. The number of amides is 2. The highest BCUT2D eigenvalue weighted by Gasteiger charge is 2.27. The fraction of sp³-hybridized carbons (Fsp3) is 0.391. The van der Waals surface area contributed by atoms with Crippen LogP contribution in [0.4, 0.5) is 4.79 Å². The predicted octanol–water partition coefficient (Wildman–Crippen LogP) is 3.25. The standard InChI is InChI=1S/C23H28N4O2/c28-21(10-9-18-6-2-1-3-7-18)19-11-14-26(15-12-19)23(29)25-17-20-16-24-22-8-4-5-13-27(20)22/h1-8,13,16,19,21,28H,9-12,14-15,17H2,(H,25,29)/t21-/m1/s1. The Morgan fingerprint density at radius 1 is 1.14 bits per heavy atom. The highest BCUT2D eigenvalue weighted by Crippen LogP contribution is 2.23. The number of pyridine rings is 1. The van der Waals surface area contributed by atoms with Crippen LogP contribution >= 0.6 is 0 Å². The van der Waals surface area contributed by atoms with E-state index in [0.717, 1.165) is 37.0 Å². The molecule has 6 heteroatoms. The lowest BCUT2D eigenvalue weighted by molar-refractivity contribution is 0.0610. The van der Waals surface area contributed by atoms with Gasteiger partial charge in [0.1, 0.15) is 5.65 Å². The third-order valence-corrected chi connectivity index (χ3v) is 5.86. The van der Waals surface area contributed by atoms with Gasteiger partial charge in [0.15, 0.2) is 0 Å². The van der Waals surface area contributed by atoms with Gasteiger partial charge in [0.05, 0.1) is 24.5 Å². The number of benzene rings is 1. The third kappa shape index (κ3) is 4.77. The molecule has 152 valence electrons. The monoisotopic (exact) mass is 392 g/mol. The maximum atomic E-state index is 12.5. The molecule has 0 radical (unpaired) electrons. The summed E-state index contributed by atoms with van der Waals surface area (Å²) in [6.45, 7) is 1.82. The number of fused-ring (bicyclic) bond motifs is 1. The van der Waals surface area contributed by atoms with Crippen LogP contribution < -0.4 is 5.32 Å². The number of aliphatic hydroxyl groups excluding tert-OH is 1. The molecule has 4 rings (SSSR count). The van der Waals surface area contributed by atoms with Crippen molar-refractivity contribution in [1.29, 1.82) is 0 Å². The Labute approximate surface area is 171 Å². The molecule has 6 nitrogen and oxygen atoms in total. The number of rotatable bonds is 6. The highest BCUT2D eigenvalue weighted by atomic mass is 16.3. The summed E-state index contributed by atoms with van der Waals surface area (Å²) < 4.78 is 1.98. The van der Waals surface area contributed by atoms with Gasteiger partial charge in [-0.15, -0.1) is 0 Å². The average Bonchev–Trinajstić information content (AvgIpc) is 3.20. The van der Waals surface area contributed by atoms with Gasteiger partial charge >= 0.3 is 6.03 Å². The molecule has 3 aromatic rings. The van der Waals surface area contributed by atoms with Crippen molar-refractivity contribution in [3.8, 4) is 0 Å². The van der Waals surface area contributed by atoms with Gasteiger partial charge in [0.25, 0.3) is 0 Å². The summed E-state index contributed by atoms with van der Waals surface area (Å²) in [7, 11) is 0. The van der Waals surface area contributed by atoms with Crippen molar-refractivity contribution in [3.05, 3.63) is 72.2 Å². The van der Waals surface area contributed by atoms with Crippen molar-refractivity contribution in [2.45, 2.75) is 38.3 Å². The van der Waals surface area contributed by atoms with Gasteiger partial charge in [-0.05, 0) is 49.3 Å². The summed E-state index contributed by atoms with van der Waals surface area (Å²) in [5.74, 6) is 0.265. The Morgan fingerprint density at radius 3 is 2.69 bits per heavy atom. The molecule has 0 spiro atoms. The molecule has 0 aliphatic carbocycles. The molecule has 1 atom stereocenters. The number of carbonyl (C=O) groups excluding carboxylic acids is 1. The van der Waals surface area contributed by atoms with Crippen LogP contribution in [0, 0.1) is 5.92 Å². The number of aromatic nitrogens is 2. The van der Waals surface area contributed by atoms with Gasteiger partial charge in [0, 0.05) is 19.3 Å². The van der Waals surface area contributed by atoms with Crippen LogP contribution in [0.5, 0.6) is 0 Å². The number of imidazole rings is 1. The second kappa shape index (κ2) is 9.09. The normalized spacial score (nSPS) is 16.1. The minimum atomic E-state index is -0.307. The lowest BCUT2D eigenvalue weighted by atomic mass is 9.88. The Bertz CT molecular complexity index is 932. The van der Waals surface area contributed by atoms with Crippen molar-refractivity contribution in [1.82, 2.24) is 19.6 Å². The second-order valence-corrected chi connectivity index (χ2v) is 7.75. The first-order valence-corrected chi connectivity index (χ1v) is 10.4. The average molecular weight is 393 g/mol. The van der Waals surface area contributed by atoms with Crippen LogP contribution in [0.1, 0.15) is 30.5 Å². The van der Waals surface area contributed by atoms with E-state index in [1.54, 1.807) is 6.20 Å². The SMILES string of the molecule is O=C(NCc1cnc2ccccn12)N1CCC([C@H](O)CCc2ccccc2)CC1. The number of hydrogen-bond acceptors (Lipinski definition) is 3. The van der Waals surface area contributed by atoms with E-state index in [2.05, 4.69) is 22.4 Å². The van der Waals surface area contributed by atoms with Crippen LogP contribution in [0.3, 0.4) is 0 Å². The Kier molecular flexibility index (Phi) is 6.10. The summed E-state index contributed by atoms with van der Waals surface area (Å²) in [4.78, 5) is 18.7. The second-order valence-electron chi connectivity index (χ2n) is 7.75. The quantitative estimate of drug-likeness (QED) is 0.677. The molecule has 3 heterocycles. The summed E-state index contributed by atoms with van der Waals surface area (Å²) in [6, 6.07) is 16.1. The van der Waals surface area contributed by atoms with Crippen LogP contribution in [-0.2, 0) is 13.0 Å². The number of carbonyl (C=O) groups is 1. The molecule has 2 amide bonds. The molecule has 1 aliphatic heterocycles. The van der Waals surface area contributed by atoms with Crippen LogP contribution in [0.25, 0.3) is 5.65 Å². The lowest BCUT2D eigenvalue weighted by Gasteiger charge is -2.34. The Balaban J connectivity index is 1.22. The summed E-state index contributed by atoms with van der Waals surface area (Å²) >= 11 is 0. The fourth-order valence-electron chi connectivity index (χ4n) is 4.08. The van der Waals surface area contributed by atoms with E-state index in [9.17, 15) is 9.90 Å². The molecule has 0 saturated carbocycles. The van der Waals surface area contributed by atoms with Gasteiger partial charge in [-0.25, -0.2) is 9.78 Å². The third-order valence-electron chi connectivity index (χ3n) is 5.86. The molecule has 1 fully saturated rings. The molecule has 0 unspecified atom stereocenters. The number of hydrogen-bond donors (Lipinski definition) is 2. The van der Waals surface area contributed by atoms with E-state index in [4.69, 9.17) is 0 Å². The number of aryl methyl sites for hydroxylation is 1. The van der Waals surface area contributed by atoms with Crippen molar-refractivity contribution < 1.29 is 9.90 Å². The van der Waals surface area contributed by atoms with E-state index in [1.807, 2.05) is 51.9 Å². The summed E-state index contributed by atoms with van der Waals surface area (Å²) in [5, 5.41) is 13.6. The Morgan fingerprint density at radius 2 is 1.90 bits per heavy atom. The zero-order chi connectivity index (χ0) is 20.1. The number of piperidine rings is 1. The maximum Gasteiger partial charge on any atom is 0.317 e. The van der Waals surface area contributed by atoms with Crippen molar-refractivity contribution >= 4 is 11.7 Å². The zero-order valence-corrected chi connectivity index (χ0v) is 16.6. The zero-order valence-electron chi connectivity index (χ0n) is 16.6. The van der Waals surface area contributed by atoms with Crippen molar-refractivity contribution in [3.63, 3.8) is 0 Å². The van der Waals surface area contributed by atoms with E-state index in [-0.39, 0.29) is 18.1 Å². The van der Waals surface area contributed by atoms with E-state index < -0.39 is 0 Å². The smallest absolute Gasteiger partial charge is 0.317 e. The van der Waals surface area contributed by atoms with E-state index in [1.165, 1.54) is 5.56 Å². The first-order valence-electron chi connectivity index (χ1n) is 10.4. The highest BCUT2D eigenvalue weighted by molar-refractivity contribution is 5.74. The topological polar surface area (TPSA) is 69.9 Å². The maximum absolute atomic E-state index is 12.5. The summed E-state index contributed by atoms with van der Waals surface area (Å²) in [6.07, 6.45) is 6.80. The van der Waals surface area contributed by atoms with Gasteiger partial charge in [-0.3, -0.25) is 0 Å². The molecular weight excluding hydrogens is 364 g/mol. The number of urea groups is 1. The number of nitrogens with one attached hydrogen (secondary N) is 1. The van der Waals surface area contributed by atoms with Crippen molar-refractivity contribution in [2.24, 2.45) is 5.92 Å². The van der Waals surface area contributed by atoms with Gasteiger partial charge < -0.3 is 19.7 Å². The van der Waals surface area contributed by atoms with Gasteiger partial charge in [0.2, 0.25) is 0 Å². The number of aliphatic hydroxyl groups is 1. The minimum Gasteiger partial charge on any atom is -0.393 e. The van der Waals surface area contributed by atoms with Crippen LogP contribution in [0.2, 0.25) is 0 Å². The molecule has 29 heavy (non-hydrogen) atoms.